The molecule has 3 heteroatoms. The van der Waals surface area contributed by atoms with Gasteiger partial charge in [0.1, 0.15) is 0 Å². The number of carbonyl (C=O) groups excluding carboxylic acids is 1. The van der Waals surface area contributed by atoms with E-state index in [2.05, 4.69) is 31.3 Å². The lowest BCUT2D eigenvalue weighted by Crippen LogP contribution is -2.25. The molecule has 1 amide bonds. The zero-order chi connectivity index (χ0) is 16.7. The minimum Gasteiger partial charge on any atom is -0.352 e. The average molecular weight is 328 g/mol. The molecule has 0 aliphatic carbocycles. The monoisotopic (exact) mass is 327 g/mol. The predicted molar refractivity (Wildman–Crippen MR) is 97.8 cm³/mol. The van der Waals surface area contributed by atoms with Gasteiger partial charge in [-0.1, -0.05) is 67.9 Å². The molecule has 0 atom stereocenters. The van der Waals surface area contributed by atoms with Crippen LogP contribution in [0.2, 0.25) is 5.02 Å². The average Bonchev–Trinajstić information content (AvgIpc) is 2.55. The molecule has 0 bridgehead atoms. The molecule has 0 aliphatic rings. The summed E-state index contributed by atoms with van der Waals surface area (Å²) in [5.41, 5.74) is 2.82. The highest BCUT2D eigenvalue weighted by molar-refractivity contribution is 6.31. The zero-order valence-corrected chi connectivity index (χ0v) is 14.3. The first-order valence-electron chi connectivity index (χ1n) is 7.86. The van der Waals surface area contributed by atoms with E-state index < -0.39 is 0 Å². The van der Waals surface area contributed by atoms with Crippen LogP contribution >= 0.6 is 11.6 Å². The van der Waals surface area contributed by atoms with E-state index in [4.69, 9.17) is 11.6 Å². The van der Waals surface area contributed by atoms with Gasteiger partial charge in [-0.2, -0.15) is 0 Å². The number of allylic oxidation sites excluding steroid dienone is 1. The topological polar surface area (TPSA) is 29.1 Å². The van der Waals surface area contributed by atoms with Crippen molar-refractivity contribution in [2.75, 3.05) is 6.54 Å². The summed E-state index contributed by atoms with van der Waals surface area (Å²) in [7, 11) is 0. The lowest BCUT2D eigenvalue weighted by atomic mass is 10.1. The van der Waals surface area contributed by atoms with Gasteiger partial charge in [0.2, 0.25) is 0 Å². The van der Waals surface area contributed by atoms with Gasteiger partial charge in [0.25, 0.3) is 5.91 Å². The number of hydrogen-bond acceptors (Lipinski definition) is 1. The third-order valence-electron chi connectivity index (χ3n) is 3.48. The highest BCUT2D eigenvalue weighted by Crippen LogP contribution is 2.15. The van der Waals surface area contributed by atoms with E-state index in [9.17, 15) is 4.79 Å². The number of rotatable bonds is 6. The third kappa shape index (κ3) is 5.57. The van der Waals surface area contributed by atoms with Crippen molar-refractivity contribution in [3.8, 4) is 0 Å². The van der Waals surface area contributed by atoms with Crippen LogP contribution in [0.3, 0.4) is 0 Å². The summed E-state index contributed by atoms with van der Waals surface area (Å²) in [5.74, 6) is 0.458. The van der Waals surface area contributed by atoms with Gasteiger partial charge in [-0.25, -0.2) is 0 Å². The number of carbonyl (C=O) groups is 1. The summed E-state index contributed by atoms with van der Waals surface area (Å²) in [5, 5.41) is 3.67. The van der Waals surface area contributed by atoms with Crippen LogP contribution in [0.25, 0.3) is 6.08 Å². The van der Waals surface area contributed by atoms with Gasteiger partial charge >= 0.3 is 0 Å². The lowest BCUT2D eigenvalue weighted by molar-refractivity contribution is 0.0954. The van der Waals surface area contributed by atoms with Crippen molar-refractivity contribution in [2.24, 2.45) is 5.92 Å². The largest absolute Gasteiger partial charge is 0.352 e. The highest BCUT2D eigenvalue weighted by Gasteiger charge is 2.05. The summed E-state index contributed by atoms with van der Waals surface area (Å²) >= 11 is 6.11. The molecule has 0 heterocycles. The molecule has 2 nitrogen and oxygen atoms in total. The summed E-state index contributed by atoms with van der Waals surface area (Å²) < 4.78 is 0. The zero-order valence-electron chi connectivity index (χ0n) is 13.6. The van der Waals surface area contributed by atoms with Crippen LogP contribution in [0.15, 0.2) is 54.6 Å². The quantitative estimate of drug-likeness (QED) is 0.796. The van der Waals surface area contributed by atoms with E-state index >= 15 is 0 Å². The minimum atomic E-state index is -0.0588. The molecule has 0 spiro atoms. The number of hydrogen-bond donors (Lipinski definition) is 1. The molecular weight excluding hydrogens is 306 g/mol. The standard InChI is InChI=1S/C20H22ClNO/c1-15(2)7-8-16-9-11-18(12-10-16)20(23)22-14-13-17-5-3-4-6-19(17)21/h3-12,15H,13-14H2,1-2H3,(H,22,23)/b8-7+. The van der Waals surface area contributed by atoms with Gasteiger partial charge in [0, 0.05) is 17.1 Å². The second kappa shape index (κ2) is 8.54. The van der Waals surface area contributed by atoms with Crippen molar-refractivity contribution in [1.82, 2.24) is 5.32 Å². The first-order valence-corrected chi connectivity index (χ1v) is 8.24. The van der Waals surface area contributed by atoms with Gasteiger partial charge < -0.3 is 5.32 Å². The molecule has 0 saturated heterocycles. The van der Waals surface area contributed by atoms with Gasteiger partial charge in [-0.15, -0.1) is 0 Å². The fourth-order valence-corrected chi connectivity index (χ4v) is 2.39. The summed E-state index contributed by atoms with van der Waals surface area (Å²) in [6.45, 7) is 4.84. The molecule has 0 aliphatic heterocycles. The summed E-state index contributed by atoms with van der Waals surface area (Å²) in [6, 6.07) is 15.3. The Morgan fingerprint density at radius 3 is 2.48 bits per heavy atom. The molecule has 0 unspecified atom stereocenters. The molecule has 0 aromatic heterocycles. The Balaban J connectivity index is 1.87. The molecule has 0 saturated carbocycles. The minimum absolute atomic E-state index is 0.0588. The number of nitrogens with one attached hydrogen (secondary N) is 1. The van der Waals surface area contributed by atoms with Crippen LogP contribution in [0.1, 0.15) is 35.3 Å². The van der Waals surface area contributed by atoms with Crippen molar-refractivity contribution in [1.29, 1.82) is 0 Å². The van der Waals surface area contributed by atoms with E-state index in [0.29, 0.717) is 18.0 Å². The van der Waals surface area contributed by atoms with Crippen LogP contribution in [0, 0.1) is 5.92 Å². The summed E-state index contributed by atoms with van der Waals surface area (Å²) in [4.78, 5) is 12.1. The number of benzene rings is 2. The highest BCUT2D eigenvalue weighted by atomic mass is 35.5. The van der Waals surface area contributed by atoms with Crippen molar-refractivity contribution in [3.63, 3.8) is 0 Å². The van der Waals surface area contributed by atoms with Crippen molar-refractivity contribution in [2.45, 2.75) is 20.3 Å². The Bertz CT molecular complexity index is 674. The van der Waals surface area contributed by atoms with Crippen LogP contribution < -0.4 is 5.32 Å². The van der Waals surface area contributed by atoms with E-state index in [1.165, 1.54) is 0 Å². The smallest absolute Gasteiger partial charge is 0.251 e. The molecule has 0 fully saturated rings. The van der Waals surface area contributed by atoms with Gasteiger partial charge in [-0.05, 0) is 41.7 Å². The molecule has 2 rings (SSSR count). The van der Waals surface area contributed by atoms with Crippen LogP contribution in [-0.4, -0.2) is 12.5 Å². The fourth-order valence-electron chi connectivity index (χ4n) is 2.16. The molecule has 2 aromatic carbocycles. The van der Waals surface area contributed by atoms with E-state index in [1.54, 1.807) is 0 Å². The maximum atomic E-state index is 12.1. The Labute approximate surface area is 143 Å². The maximum absolute atomic E-state index is 12.1. The molecule has 23 heavy (non-hydrogen) atoms. The molecule has 120 valence electrons. The Morgan fingerprint density at radius 1 is 1.13 bits per heavy atom. The fraction of sp³-hybridized carbons (Fsp3) is 0.250. The molecule has 1 N–H and O–H groups in total. The van der Waals surface area contributed by atoms with Gasteiger partial charge in [0.15, 0.2) is 0 Å². The van der Waals surface area contributed by atoms with Crippen LogP contribution in [-0.2, 0) is 6.42 Å². The van der Waals surface area contributed by atoms with E-state index in [0.717, 1.165) is 22.6 Å². The Kier molecular flexibility index (Phi) is 6.42. The Morgan fingerprint density at radius 2 is 1.83 bits per heavy atom. The first kappa shape index (κ1) is 17.3. The second-order valence-corrected chi connectivity index (χ2v) is 6.23. The summed E-state index contributed by atoms with van der Waals surface area (Å²) in [6.07, 6.45) is 4.93. The van der Waals surface area contributed by atoms with Crippen molar-refractivity contribution in [3.05, 3.63) is 76.3 Å². The van der Waals surface area contributed by atoms with E-state index in [1.807, 2.05) is 48.5 Å². The SMILES string of the molecule is CC(C)/C=C/c1ccc(C(=O)NCCc2ccccc2Cl)cc1. The van der Waals surface area contributed by atoms with Gasteiger partial charge in [-0.3, -0.25) is 4.79 Å². The molecular formula is C20H22ClNO. The first-order chi connectivity index (χ1) is 11.1. The van der Waals surface area contributed by atoms with Crippen molar-refractivity contribution >= 4 is 23.6 Å². The Hall–Kier alpha value is -2.06. The normalized spacial score (nSPS) is 11.1. The van der Waals surface area contributed by atoms with Crippen LogP contribution in [0.4, 0.5) is 0 Å². The lowest BCUT2D eigenvalue weighted by Gasteiger charge is -2.07. The number of amides is 1. The maximum Gasteiger partial charge on any atom is 0.251 e. The predicted octanol–water partition coefficient (Wildman–Crippen LogP) is 4.98. The van der Waals surface area contributed by atoms with Gasteiger partial charge in [0.05, 0.1) is 0 Å². The van der Waals surface area contributed by atoms with Crippen LogP contribution in [0.5, 0.6) is 0 Å². The second-order valence-electron chi connectivity index (χ2n) is 5.82. The number of halogens is 1. The third-order valence-corrected chi connectivity index (χ3v) is 3.85. The molecule has 0 radical (unpaired) electrons. The molecule has 2 aromatic rings. The van der Waals surface area contributed by atoms with E-state index in [-0.39, 0.29) is 5.91 Å². The van der Waals surface area contributed by atoms with Crippen molar-refractivity contribution < 1.29 is 4.79 Å².